The summed E-state index contributed by atoms with van der Waals surface area (Å²) in [6.45, 7) is 4.45. The molecule has 0 saturated carbocycles. The molecule has 0 radical (unpaired) electrons. The van der Waals surface area contributed by atoms with Gasteiger partial charge in [-0.2, -0.15) is 0 Å². The fourth-order valence-electron chi connectivity index (χ4n) is 3.48. The molecule has 0 atom stereocenters. The number of benzene rings is 2. The number of imidazole rings is 1. The highest BCUT2D eigenvalue weighted by molar-refractivity contribution is 5.92. The van der Waals surface area contributed by atoms with E-state index < -0.39 is 0 Å². The zero-order valence-electron chi connectivity index (χ0n) is 17.8. The average molecular weight is 415 g/mol. The fraction of sp³-hybridized carbons (Fsp3) is 0.208. The molecule has 0 saturated heterocycles. The van der Waals surface area contributed by atoms with Crippen LogP contribution in [-0.2, 0) is 4.79 Å². The monoisotopic (exact) mass is 415 g/mol. The molecule has 4 aromatic rings. The number of para-hydroxylation sites is 1. The number of methoxy groups -OCH3 is 1. The van der Waals surface area contributed by atoms with Gasteiger partial charge in [0.1, 0.15) is 17.3 Å². The quantitative estimate of drug-likeness (QED) is 0.466. The Morgan fingerprint density at radius 3 is 2.84 bits per heavy atom. The van der Waals surface area contributed by atoms with E-state index in [2.05, 4.69) is 15.6 Å². The maximum Gasteiger partial charge on any atom is 0.226 e. The predicted octanol–water partition coefficient (Wildman–Crippen LogP) is 4.46. The molecular weight excluding hydrogens is 390 g/mol. The molecule has 0 unspecified atom stereocenters. The van der Waals surface area contributed by atoms with Crippen LogP contribution >= 0.6 is 0 Å². The minimum atomic E-state index is -0.0458. The normalized spacial score (nSPS) is 10.8. The van der Waals surface area contributed by atoms with Crippen LogP contribution in [0.4, 0.5) is 11.5 Å². The highest BCUT2D eigenvalue weighted by atomic mass is 16.5. The number of amides is 1. The van der Waals surface area contributed by atoms with E-state index in [1.54, 1.807) is 19.5 Å². The number of ether oxygens (including phenoxy) is 1. The zero-order chi connectivity index (χ0) is 21.8. The van der Waals surface area contributed by atoms with E-state index in [1.807, 2.05) is 66.9 Å². The van der Waals surface area contributed by atoms with Crippen LogP contribution in [0.5, 0.6) is 5.75 Å². The summed E-state index contributed by atoms with van der Waals surface area (Å²) in [5.74, 6) is 1.48. The first-order valence-corrected chi connectivity index (χ1v) is 10.1. The maximum atomic E-state index is 12.5. The minimum absolute atomic E-state index is 0.0458. The second-order valence-electron chi connectivity index (χ2n) is 7.36. The van der Waals surface area contributed by atoms with Gasteiger partial charge in [-0.15, -0.1) is 0 Å². The van der Waals surface area contributed by atoms with Crippen molar-refractivity contribution in [3.8, 4) is 17.0 Å². The van der Waals surface area contributed by atoms with Gasteiger partial charge in [0.2, 0.25) is 5.91 Å². The smallest absolute Gasteiger partial charge is 0.226 e. The molecule has 2 aromatic carbocycles. The van der Waals surface area contributed by atoms with Crippen LogP contribution in [0.1, 0.15) is 17.5 Å². The van der Waals surface area contributed by atoms with E-state index in [4.69, 9.17) is 9.72 Å². The van der Waals surface area contributed by atoms with E-state index in [9.17, 15) is 4.79 Å². The van der Waals surface area contributed by atoms with Crippen LogP contribution in [0.25, 0.3) is 16.9 Å². The summed E-state index contributed by atoms with van der Waals surface area (Å²) in [6.07, 6.45) is 5.58. The van der Waals surface area contributed by atoms with Crippen molar-refractivity contribution in [2.75, 3.05) is 24.3 Å². The average Bonchev–Trinajstić information content (AvgIpc) is 3.14. The number of carbonyl (C=O) groups is 1. The molecule has 2 N–H and O–H groups in total. The summed E-state index contributed by atoms with van der Waals surface area (Å²) >= 11 is 0. The molecule has 7 heteroatoms. The van der Waals surface area contributed by atoms with E-state index in [0.717, 1.165) is 39.6 Å². The molecule has 0 bridgehead atoms. The zero-order valence-corrected chi connectivity index (χ0v) is 17.8. The van der Waals surface area contributed by atoms with Gasteiger partial charge in [0.15, 0.2) is 5.65 Å². The Kier molecular flexibility index (Phi) is 5.84. The highest BCUT2D eigenvalue weighted by Crippen LogP contribution is 2.34. The molecule has 7 nitrogen and oxygen atoms in total. The van der Waals surface area contributed by atoms with Crippen LogP contribution in [0, 0.1) is 13.8 Å². The van der Waals surface area contributed by atoms with E-state index >= 15 is 0 Å². The Morgan fingerprint density at radius 1 is 1.16 bits per heavy atom. The van der Waals surface area contributed by atoms with Crippen molar-refractivity contribution in [1.29, 1.82) is 0 Å². The van der Waals surface area contributed by atoms with E-state index in [1.165, 1.54) is 0 Å². The standard InChI is InChI=1S/C24H25N5O2/c1-16-8-9-17(2)19(14-16)27-22(30)10-11-26-24-23(18-6-4-5-7-20(18)31-3)28-21-15-25-12-13-29(21)24/h4-9,12-15,26H,10-11H2,1-3H3,(H,27,30). The van der Waals surface area contributed by atoms with Crippen molar-refractivity contribution in [1.82, 2.24) is 14.4 Å². The Bertz CT molecular complexity index is 1230. The number of rotatable bonds is 7. The number of nitrogens with zero attached hydrogens (tertiary/aromatic N) is 3. The number of fused-ring (bicyclic) bond motifs is 1. The Hall–Kier alpha value is -3.87. The van der Waals surface area contributed by atoms with Gasteiger partial charge >= 0.3 is 0 Å². The lowest BCUT2D eigenvalue weighted by Gasteiger charge is -2.12. The molecule has 2 heterocycles. The summed E-state index contributed by atoms with van der Waals surface area (Å²) in [6, 6.07) is 13.8. The Labute approximate surface area is 181 Å². The number of aromatic nitrogens is 3. The van der Waals surface area contributed by atoms with Gasteiger partial charge in [0, 0.05) is 36.6 Å². The molecule has 2 aromatic heterocycles. The largest absolute Gasteiger partial charge is 0.496 e. The summed E-state index contributed by atoms with van der Waals surface area (Å²) in [4.78, 5) is 21.4. The van der Waals surface area contributed by atoms with Crippen molar-refractivity contribution < 1.29 is 9.53 Å². The lowest BCUT2D eigenvalue weighted by Crippen LogP contribution is -2.17. The van der Waals surface area contributed by atoms with E-state index in [0.29, 0.717) is 18.6 Å². The van der Waals surface area contributed by atoms with Crippen LogP contribution in [0.15, 0.2) is 61.1 Å². The third-order valence-corrected chi connectivity index (χ3v) is 5.10. The number of aryl methyl sites for hydroxylation is 2. The Balaban J connectivity index is 1.54. The maximum absolute atomic E-state index is 12.5. The first kappa shape index (κ1) is 20.4. The highest BCUT2D eigenvalue weighted by Gasteiger charge is 2.17. The molecule has 158 valence electrons. The van der Waals surface area contributed by atoms with Crippen molar-refractivity contribution in [2.45, 2.75) is 20.3 Å². The molecule has 1 amide bonds. The number of nitrogens with one attached hydrogen (secondary N) is 2. The molecule has 4 rings (SSSR count). The van der Waals surface area contributed by atoms with Crippen molar-refractivity contribution in [2.24, 2.45) is 0 Å². The fourth-order valence-corrected chi connectivity index (χ4v) is 3.48. The third kappa shape index (κ3) is 4.35. The summed E-state index contributed by atoms with van der Waals surface area (Å²) in [7, 11) is 1.64. The predicted molar refractivity (Wildman–Crippen MR) is 123 cm³/mol. The van der Waals surface area contributed by atoms with Crippen LogP contribution in [0.3, 0.4) is 0 Å². The summed E-state index contributed by atoms with van der Waals surface area (Å²) in [5.41, 5.74) is 5.34. The first-order chi connectivity index (χ1) is 15.1. The van der Waals surface area contributed by atoms with Crippen LogP contribution in [0.2, 0.25) is 0 Å². The van der Waals surface area contributed by atoms with Gasteiger partial charge < -0.3 is 15.4 Å². The molecule has 31 heavy (non-hydrogen) atoms. The SMILES string of the molecule is COc1ccccc1-c1nc2cnccn2c1NCCC(=O)Nc1cc(C)ccc1C. The summed E-state index contributed by atoms with van der Waals surface area (Å²) < 4.78 is 7.45. The Morgan fingerprint density at radius 2 is 2.00 bits per heavy atom. The number of anilines is 2. The molecule has 0 fully saturated rings. The lowest BCUT2D eigenvalue weighted by atomic mass is 10.1. The molecule has 0 aliphatic heterocycles. The number of hydrogen-bond donors (Lipinski definition) is 2. The van der Waals surface area contributed by atoms with Crippen LogP contribution in [-0.4, -0.2) is 33.9 Å². The van der Waals surface area contributed by atoms with E-state index in [-0.39, 0.29) is 5.91 Å². The molecule has 0 aliphatic carbocycles. The van der Waals surface area contributed by atoms with Crippen molar-refractivity contribution in [3.05, 3.63) is 72.2 Å². The van der Waals surface area contributed by atoms with Gasteiger partial charge in [-0.3, -0.25) is 14.2 Å². The molecule has 0 spiro atoms. The molecular formula is C24H25N5O2. The van der Waals surface area contributed by atoms with Crippen LogP contribution < -0.4 is 15.4 Å². The molecule has 0 aliphatic rings. The minimum Gasteiger partial charge on any atom is -0.496 e. The van der Waals surface area contributed by atoms with Crippen molar-refractivity contribution >= 4 is 23.1 Å². The second-order valence-corrected chi connectivity index (χ2v) is 7.36. The number of hydrogen-bond acceptors (Lipinski definition) is 5. The van der Waals surface area contributed by atoms with Gasteiger partial charge in [-0.1, -0.05) is 24.3 Å². The second kappa shape index (κ2) is 8.87. The lowest BCUT2D eigenvalue weighted by molar-refractivity contribution is -0.115. The number of carbonyl (C=O) groups excluding carboxylic acids is 1. The van der Waals surface area contributed by atoms with Gasteiger partial charge in [-0.25, -0.2) is 4.98 Å². The van der Waals surface area contributed by atoms with Gasteiger partial charge in [-0.05, 0) is 43.2 Å². The summed E-state index contributed by atoms with van der Waals surface area (Å²) in [5, 5.41) is 6.39. The van der Waals surface area contributed by atoms with Crippen molar-refractivity contribution in [3.63, 3.8) is 0 Å². The third-order valence-electron chi connectivity index (χ3n) is 5.10. The first-order valence-electron chi connectivity index (χ1n) is 10.1. The topological polar surface area (TPSA) is 80.6 Å². The van der Waals surface area contributed by atoms with Gasteiger partial charge in [0.05, 0.1) is 13.3 Å². The van der Waals surface area contributed by atoms with Gasteiger partial charge in [0.25, 0.3) is 0 Å².